The molecule has 0 aliphatic heterocycles. The van der Waals surface area contributed by atoms with E-state index in [1.165, 1.54) is 23.7 Å². The summed E-state index contributed by atoms with van der Waals surface area (Å²) in [5.41, 5.74) is 2.77. The van der Waals surface area contributed by atoms with Gasteiger partial charge in [-0.05, 0) is 36.2 Å². The van der Waals surface area contributed by atoms with Gasteiger partial charge in [0.1, 0.15) is 17.1 Å². The number of carbonyl (C=O) groups is 1. The highest BCUT2D eigenvalue weighted by atomic mass is 32.2. The van der Waals surface area contributed by atoms with E-state index in [1.807, 2.05) is 42.5 Å². The number of fused-ring (bicyclic) bond motifs is 1. The van der Waals surface area contributed by atoms with Crippen molar-refractivity contribution in [2.75, 3.05) is 19.4 Å². The number of nitrogens with one attached hydrogen (secondary N) is 1. The fourth-order valence-electron chi connectivity index (χ4n) is 3.03. The van der Waals surface area contributed by atoms with Crippen molar-refractivity contribution < 1.29 is 9.53 Å². The first kappa shape index (κ1) is 19.9. The van der Waals surface area contributed by atoms with Gasteiger partial charge < -0.3 is 10.1 Å². The lowest BCUT2D eigenvalue weighted by Gasteiger charge is -2.06. The molecule has 4 rings (SSSR count). The highest BCUT2D eigenvalue weighted by molar-refractivity contribution is 8.00. The monoisotopic (exact) mass is 419 g/mol. The first-order valence-electron chi connectivity index (χ1n) is 9.51. The molecule has 0 atom stereocenters. The summed E-state index contributed by atoms with van der Waals surface area (Å²) in [6.07, 6.45) is 4.04. The van der Waals surface area contributed by atoms with Gasteiger partial charge in [0.05, 0.1) is 30.1 Å². The van der Waals surface area contributed by atoms with Crippen LogP contribution in [0.15, 0.2) is 72.1 Å². The first-order chi connectivity index (χ1) is 14.7. The molecule has 30 heavy (non-hydrogen) atoms. The van der Waals surface area contributed by atoms with Gasteiger partial charge >= 0.3 is 0 Å². The molecule has 2 aromatic heterocycles. The number of ether oxygens (including phenoxy) is 1. The van der Waals surface area contributed by atoms with Crippen LogP contribution in [-0.2, 0) is 11.2 Å². The molecule has 4 aromatic rings. The molecule has 1 amide bonds. The maximum atomic E-state index is 12.2. The standard InChI is InChI=1S/C22H21N5O2S/c1-29-18-9-7-17(8-10-18)27-21-19(13-26-27)22(25-15-24-21)30-14-20(28)23-12-11-16-5-3-2-4-6-16/h2-10,13,15H,11-12,14H2,1H3,(H,23,28). The Labute approximate surface area is 178 Å². The Hall–Kier alpha value is -3.39. The van der Waals surface area contributed by atoms with Crippen LogP contribution in [0.25, 0.3) is 16.7 Å². The number of carbonyl (C=O) groups excluding carboxylic acids is 1. The molecule has 7 nitrogen and oxygen atoms in total. The number of amides is 1. The molecule has 2 aromatic carbocycles. The zero-order valence-corrected chi connectivity index (χ0v) is 17.3. The van der Waals surface area contributed by atoms with Crippen molar-refractivity contribution in [1.82, 2.24) is 25.1 Å². The Morgan fingerprint density at radius 2 is 1.90 bits per heavy atom. The smallest absolute Gasteiger partial charge is 0.230 e. The molecular weight excluding hydrogens is 398 g/mol. The Bertz CT molecular complexity index is 1130. The fraction of sp³-hybridized carbons (Fsp3) is 0.182. The largest absolute Gasteiger partial charge is 0.497 e. The molecule has 0 spiro atoms. The van der Waals surface area contributed by atoms with Gasteiger partial charge in [0.25, 0.3) is 0 Å². The zero-order chi connectivity index (χ0) is 20.8. The third-order valence-electron chi connectivity index (χ3n) is 4.56. The number of aromatic nitrogens is 4. The van der Waals surface area contributed by atoms with Crippen molar-refractivity contribution in [1.29, 1.82) is 0 Å². The average molecular weight is 420 g/mol. The Morgan fingerprint density at radius 1 is 1.10 bits per heavy atom. The van der Waals surface area contributed by atoms with E-state index in [9.17, 15) is 4.79 Å². The molecular formula is C22H21N5O2S. The second kappa shape index (κ2) is 9.41. The summed E-state index contributed by atoms with van der Waals surface area (Å²) in [7, 11) is 1.63. The topological polar surface area (TPSA) is 81.9 Å². The van der Waals surface area contributed by atoms with Gasteiger partial charge in [-0.15, -0.1) is 0 Å². The van der Waals surface area contributed by atoms with Gasteiger partial charge in [-0.25, -0.2) is 14.6 Å². The minimum atomic E-state index is -0.0229. The number of benzene rings is 2. The van der Waals surface area contributed by atoms with Gasteiger partial charge in [-0.2, -0.15) is 5.10 Å². The lowest BCUT2D eigenvalue weighted by molar-refractivity contribution is -0.118. The molecule has 0 saturated heterocycles. The quantitative estimate of drug-likeness (QED) is 0.349. The molecule has 0 fully saturated rings. The van der Waals surface area contributed by atoms with Crippen LogP contribution in [0.4, 0.5) is 0 Å². The third-order valence-corrected chi connectivity index (χ3v) is 5.57. The van der Waals surface area contributed by atoms with Crippen molar-refractivity contribution in [3.05, 3.63) is 72.7 Å². The molecule has 152 valence electrons. The van der Waals surface area contributed by atoms with E-state index in [0.717, 1.165) is 28.3 Å². The van der Waals surface area contributed by atoms with Gasteiger partial charge in [-0.1, -0.05) is 42.1 Å². The maximum Gasteiger partial charge on any atom is 0.230 e. The van der Waals surface area contributed by atoms with Crippen LogP contribution < -0.4 is 10.1 Å². The summed E-state index contributed by atoms with van der Waals surface area (Å²) in [4.78, 5) is 20.9. The number of nitrogens with zero attached hydrogens (tertiary/aromatic N) is 4. The van der Waals surface area contributed by atoms with Crippen LogP contribution in [0.3, 0.4) is 0 Å². The predicted octanol–water partition coefficient (Wildman–Crippen LogP) is 3.28. The lowest BCUT2D eigenvalue weighted by Crippen LogP contribution is -2.27. The fourth-order valence-corrected chi connectivity index (χ4v) is 3.82. The molecule has 0 unspecified atom stereocenters. The normalized spacial score (nSPS) is 10.8. The third kappa shape index (κ3) is 4.60. The van der Waals surface area contributed by atoms with Crippen molar-refractivity contribution in [3.63, 3.8) is 0 Å². The van der Waals surface area contributed by atoms with Gasteiger partial charge in [0, 0.05) is 6.54 Å². The minimum absolute atomic E-state index is 0.0229. The summed E-state index contributed by atoms with van der Waals surface area (Å²) in [5.74, 6) is 1.04. The SMILES string of the molecule is COc1ccc(-n2ncc3c(SCC(=O)NCCc4ccccc4)ncnc32)cc1. The first-order valence-corrected chi connectivity index (χ1v) is 10.5. The van der Waals surface area contributed by atoms with E-state index >= 15 is 0 Å². The number of hydrogen-bond donors (Lipinski definition) is 1. The summed E-state index contributed by atoms with van der Waals surface area (Å²) in [6.45, 7) is 0.609. The van der Waals surface area contributed by atoms with E-state index in [2.05, 4.69) is 32.5 Å². The number of hydrogen-bond acceptors (Lipinski definition) is 6. The summed E-state index contributed by atoms with van der Waals surface area (Å²) < 4.78 is 6.95. The Balaban J connectivity index is 1.39. The van der Waals surface area contributed by atoms with E-state index in [4.69, 9.17) is 4.74 Å². The van der Waals surface area contributed by atoms with Crippen LogP contribution in [0.5, 0.6) is 5.75 Å². The summed E-state index contributed by atoms with van der Waals surface area (Å²) in [5, 5.41) is 8.96. The number of methoxy groups -OCH3 is 1. The Morgan fingerprint density at radius 3 is 2.67 bits per heavy atom. The average Bonchev–Trinajstić information content (AvgIpc) is 3.23. The number of thioether (sulfide) groups is 1. The molecule has 0 bridgehead atoms. The van der Waals surface area contributed by atoms with Gasteiger partial charge in [0.2, 0.25) is 5.91 Å². The maximum absolute atomic E-state index is 12.2. The summed E-state index contributed by atoms with van der Waals surface area (Å²) in [6, 6.07) is 17.7. The van der Waals surface area contributed by atoms with Crippen LogP contribution in [0.1, 0.15) is 5.56 Å². The molecule has 0 aliphatic rings. The molecule has 8 heteroatoms. The summed E-state index contributed by atoms with van der Waals surface area (Å²) >= 11 is 1.38. The lowest BCUT2D eigenvalue weighted by atomic mass is 10.1. The Kier molecular flexibility index (Phi) is 6.24. The van der Waals surface area contributed by atoms with Crippen LogP contribution in [0.2, 0.25) is 0 Å². The molecule has 0 radical (unpaired) electrons. The highest BCUT2D eigenvalue weighted by Crippen LogP contribution is 2.26. The van der Waals surface area contributed by atoms with Crippen LogP contribution in [-0.4, -0.2) is 45.1 Å². The van der Waals surface area contributed by atoms with Gasteiger partial charge in [-0.3, -0.25) is 4.79 Å². The van der Waals surface area contributed by atoms with Gasteiger partial charge in [0.15, 0.2) is 5.65 Å². The van der Waals surface area contributed by atoms with Crippen molar-refractivity contribution in [3.8, 4) is 11.4 Å². The van der Waals surface area contributed by atoms with E-state index in [0.29, 0.717) is 12.2 Å². The molecule has 2 heterocycles. The van der Waals surface area contributed by atoms with Crippen LogP contribution in [0, 0.1) is 0 Å². The zero-order valence-electron chi connectivity index (χ0n) is 16.5. The molecule has 1 N–H and O–H groups in total. The second-order valence-electron chi connectivity index (χ2n) is 6.54. The van der Waals surface area contributed by atoms with E-state index in [1.54, 1.807) is 18.0 Å². The van der Waals surface area contributed by atoms with E-state index < -0.39 is 0 Å². The molecule has 0 aliphatic carbocycles. The minimum Gasteiger partial charge on any atom is -0.497 e. The van der Waals surface area contributed by atoms with Crippen LogP contribution >= 0.6 is 11.8 Å². The van der Waals surface area contributed by atoms with E-state index in [-0.39, 0.29) is 11.7 Å². The highest BCUT2D eigenvalue weighted by Gasteiger charge is 2.13. The van der Waals surface area contributed by atoms with Crippen molar-refractivity contribution in [2.24, 2.45) is 0 Å². The number of rotatable bonds is 8. The molecule has 0 saturated carbocycles. The predicted molar refractivity (Wildman–Crippen MR) is 117 cm³/mol. The second-order valence-corrected chi connectivity index (χ2v) is 7.51. The van der Waals surface area contributed by atoms with Crippen molar-refractivity contribution in [2.45, 2.75) is 11.4 Å². The van der Waals surface area contributed by atoms with Crippen molar-refractivity contribution >= 4 is 28.7 Å².